The topological polar surface area (TPSA) is 62.3 Å². The lowest BCUT2D eigenvalue weighted by atomic mass is 10.1. The van der Waals surface area contributed by atoms with Gasteiger partial charge in [0, 0.05) is 35.5 Å². The minimum absolute atomic E-state index is 0.0000378. The molecule has 1 saturated heterocycles. The van der Waals surface area contributed by atoms with E-state index < -0.39 is 0 Å². The molecule has 1 aliphatic rings. The van der Waals surface area contributed by atoms with Crippen LogP contribution in [0.4, 0.5) is 0 Å². The molecule has 1 aliphatic heterocycles. The lowest BCUT2D eigenvalue weighted by Crippen LogP contribution is -2.41. The molecule has 3 heterocycles. The molecule has 0 aliphatic carbocycles. The van der Waals surface area contributed by atoms with E-state index in [-0.39, 0.29) is 17.9 Å². The molecule has 2 amide bonds. The lowest BCUT2D eigenvalue weighted by molar-refractivity contribution is -0.119. The largest absolute Gasteiger partial charge is 0.352 e. The van der Waals surface area contributed by atoms with Crippen LogP contribution in [0.3, 0.4) is 0 Å². The maximum absolute atomic E-state index is 13.2. The summed E-state index contributed by atoms with van der Waals surface area (Å²) in [6.45, 7) is 0.913. The first kappa shape index (κ1) is 16.7. The molecule has 1 aromatic carbocycles. The third kappa shape index (κ3) is 3.60. The van der Waals surface area contributed by atoms with E-state index in [2.05, 4.69) is 10.3 Å². The van der Waals surface area contributed by atoms with E-state index in [1.54, 1.807) is 22.4 Å². The Hall–Kier alpha value is -2.73. The number of nitrogens with zero attached hydrogens (tertiary/aromatic N) is 2. The predicted molar refractivity (Wildman–Crippen MR) is 102 cm³/mol. The molecule has 1 N–H and O–H groups in total. The van der Waals surface area contributed by atoms with Crippen LogP contribution in [-0.2, 0) is 11.3 Å². The van der Waals surface area contributed by atoms with Gasteiger partial charge in [-0.05, 0) is 53.6 Å². The Morgan fingerprint density at radius 2 is 2.19 bits per heavy atom. The van der Waals surface area contributed by atoms with Crippen LogP contribution >= 0.6 is 11.3 Å². The minimum Gasteiger partial charge on any atom is -0.352 e. The number of rotatable bonds is 5. The number of nitrogens with one attached hydrogen (secondary N) is 1. The van der Waals surface area contributed by atoms with Gasteiger partial charge in [0.05, 0.1) is 12.2 Å². The highest BCUT2D eigenvalue weighted by atomic mass is 32.1. The third-order valence-electron chi connectivity index (χ3n) is 4.59. The number of carbonyl (C=O) groups is 2. The van der Waals surface area contributed by atoms with E-state index in [9.17, 15) is 9.59 Å². The number of fused-ring (bicyclic) bond motifs is 1. The lowest BCUT2D eigenvalue weighted by Gasteiger charge is -2.25. The second kappa shape index (κ2) is 7.25. The van der Waals surface area contributed by atoms with Crippen LogP contribution in [0.5, 0.6) is 0 Å². The zero-order valence-electron chi connectivity index (χ0n) is 14.2. The summed E-state index contributed by atoms with van der Waals surface area (Å²) in [4.78, 5) is 30.8. The van der Waals surface area contributed by atoms with Crippen molar-refractivity contribution in [1.29, 1.82) is 0 Å². The van der Waals surface area contributed by atoms with Crippen molar-refractivity contribution in [3.05, 3.63) is 65.3 Å². The number of carbonyl (C=O) groups excluding carboxylic acids is 2. The summed E-state index contributed by atoms with van der Waals surface area (Å²) < 4.78 is 1.17. The summed E-state index contributed by atoms with van der Waals surface area (Å²) in [6.07, 6.45) is 3.01. The van der Waals surface area contributed by atoms with Crippen molar-refractivity contribution in [3.63, 3.8) is 0 Å². The molecule has 0 unspecified atom stereocenters. The van der Waals surface area contributed by atoms with Gasteiger partial charge in [0.2, 0.25) is 5.91 Å². The molecule has 4 rings (SSSR count). The Labute approximate surface area is 155 Å². The predicted octanol–water partition coefficient (Wildman–Crippen LogP) is 3.22. The monoisotopic (exact) mass is 365 g/mol. The van der Waals surface area contributed by atoms with Gasteiger partial charge in [-0.1, -0.05) is 6.07 Å². The molecule has 0 spiro atoms. The van der Waals surface area contributed by atoms with Crippen LogP contribution in [0.1, 0.15) is 28.9 Å². The highest BCUT2D eigenvalue weighted by Crippen LogP contribution is 2.23. The van der Waals surface area contributed by atoms with Gasteiger partial charge < -0.3 is 10.2 Å². The van der Waals surface area contributed by atoms with Crippen LogP contribution < -0.4 is 5.32 Å². The van der Waals surface area contributed by atoms with Gasteiger partial charge in [0.15, 0.2) is 0 Å². The average molecular weight is 365 g/mol. The molecular weight excluding hydrogens is 346 g/mol. The fourth-order valence-corrected chi connectivity index (χ4v) is 4.04. The van der Waals surface area contributed by atoms with E-state index in [0.29, 0.717) is 25.1 Å². The van der Waals surface area contributed by atoms with E-state index in [0.717, 1.165) is 17.5 Å². The number of thiophene rings is 1. The Balaban J connectivity index is 1.59. The van der Waals surface area contributed by atoms with Crippen LogP contribution in [0.15, 0.2) is 54.0 Å². The summed E-state index contributed by atoms with van der Waals surface area (Å²) in [6, 6.07) is 13.5. The molecule has 1 fully saturated rings. The van der Waals surface area contributed by atoms with Gasteiger partial charge in [0.1, 0.15) is 0 Å². The average Bonchev–Trinajstić information content (AvgIpc) is 3.29. The second-order valence-corrected chi connectivity index (χ2v) is 7.43. The molecule has 26 heavy (non-hydrogen) atoms. The van der Waals surface area contributed by atoms with Crippen molar-refractivity contribution < 1.29 is 9.59 Å². The fourth-order valence-electron chi connectivity index (χ4n) is 3.27. The molecule has 1 atom stereocenters. The van der Waals surface area contributed by atoms with Crippen molar-refractivity contribution in [2.45, 2.75) is 25.4 Å². The second-order valence-electron chi connectivity index (χ2n) is 6.48. The van der Waals surface area contributed by atoms with Gasteiger partial charge in [-0.2, -0.15) is 0 Å². The molecule has 0 bridgehead atoms. The fraction of sp³-hybridized carbons (Fsp3) is 0.250. The quantitative estimate of drug-likeness (QED) is 0.755. The molecule has 132 valence electrons. The zero-order chi connectivity index (χ0) is 17.9. The van der Waals surface area contributed by atoms with Gasteiger partial charge in [0.25, 0.3) is 5.91 Å². The highest BCUT2D eigenvalue weighted by molar-refractivity contribution is 7.17. The molecule has 3 aromatic rings. The van der Waals surface area contributed by atoms with Gasteiger partial charge in [-0.15, -0.1) is 11.3 Å². The normalized spacial score (nSPS) is 16.6. The SMILES string of the molecule is O=C1CC[C@@H](CN(Cc2ccccn2)C(=O)c2ccc3sccc3c2)N1. The molecule has 2 aromatic heterocycles. The number of aromatic nitrogens is 1. The summed E-state index contributed by atoms with van der Waals surface area (Å²) in [5.74, 6) is 0.0184. The highest BCUT2D eigenvalue weighted by Gasteiger charge is 2.26. The molecule has 0 radical (unpaired) electrons. The maximum Gasteiger partial charge on any atom is 0.254 e. The number of benzene rings is 1. The first-order valence-corrected chi connectivity index (χ1v) is 9.53. The number of pyridine rings is 1. The van der Waals surface area contributed by atoms with Gasteiger partial charge >= 0.3 is 0 Å². The number of amides is 2. The summed E-state index contributed by atoms with van der Waals surface area (Å²) in [7, 11) is 0. The van der Waals surface area contributed by atoms with Gasteiger partial charge in [-0.25, -0.2) is 0 Å². The van der Waals surface area contributed by atoms with E-state index in [1.807, 2.05) is 47.8 Å². The first-order chi connectivity index (χ1) is 12.7. The molecule has 6 heteroatoms. The smallest absolute Gasteiger partial charge is 0.254 e. The van der Waals surface area contributed by atoms with Crippen molar-refractivity contribution in [2.24, 2.45) is 0 Å². The Kier molecular flexibility index (Phi) is 4.67. The molecule has 5 nitrogen and oxygen atoms in total. The van der Waals surface area contributed by atoms with Crippen LogP contribution in [0, 0.1) is 0 Å². The van der Waals surface area contributed by atoms with Crippen molar-refractivity contribution in [3.8, 4) is 0 Å². The molecule has 0 saturated carbocycles. The third-order valence-corrected chi connectivity index (χ3v) is 5.49. The minimum atomic E-state index is -0.0371. The van der Waals surface area contributed by atoms with Gasteiger partial charge in [-0.3, -0.25) is 14.6 Å². The summed E-state index contributed by atoms with van der Waals surface area (Å²) in [5.41, 5.74) is 1.50. The van der Waals surface area contributed by atoms with Crippen LogP contribution in [-0.4, -0.2) is 34.3 Å². The van der Waals surface area contributed by atoms with E-state index >= 15 is 0 Å². The number of hydrogen-bond donors (Lipinski definition) is 1. The Morgan fingerprint density at radius 3 is 2.96 bits per heavy atom. The Bertz CT molecular complexity index is 938. The van der Waals surface area contributed by atoms with Crippen molar-refractivity contribution in [1.82, 2.24) is 15.2 Å². The standard InChI is InChI=1S/C20H19N3O2S/c24-19-7-5-17(22-19)13-23(12-16-3-1-2-9-21-16)20(25)15-4-6-18-14(11-15)8-10-26-18/h1-4,6,8-11,17H,5,7,12-13H2,(H,22,24)/t17-/m0/s1. The first-order valence-electron chi connectivity index (χ1n) is 8.65. The maximum atomic E-state index is 13.2. The van der Waals surface area contributed by atoms with Crippen LogP contribution in [0.2, 0.25) is 0 Å². The zero-order valence-corrected chi connectivity index (χ0v) is 15.0. The van der Waals surface area contributed by atoms with Crippen molar-refractivity contribution in [2.75, 3.05) is 6.54 Å². The number of hydrogen-bond acceptors (Lipinski definition) is 4. The van der Waals surface area contributed by atoms with Crippen molar-refractivity contribution >= 4 is 33.2 Å². The van der Waals surface area contributed by atoms with Crippen LogP contribution in [0.25, 0.3) is 10.1 Å². The van der Waals surface area contributed by atoms with E-state index in [1.165, 1.54) is 4.70 Å². The Morgan fingerprint density at radius 1 is 1.27 bits per heavy atom. The molecular formula is C20H19N3O2S. The van der Waals surface area contributed by atoms with E-state index in [4.69, 9.17) is 0 Å². The summed E-state index contributed by atoms with van der Waals surface area (Å²) >= 11 is 1.66. The summed E-state index contributed by atoms with van der Waals surface area (Å²) in [5, 5.41) is 6.05.